The van der Waals surface area contributed by atoms with Gasteiger partial charge in [-0.15, -0.1) is 0 Å². The van der Waals surface area contributed by atoms with Crippen molar-refractivity contribution in [3.63, 3.8) is 0 Å². The number of rotatable bonds is 6. The van der Waals surface area contributed by atoms with Gasteiger partial charge in [0.05, 0.1) is 0 Å². The van der Waals surface area contributed by atoms with Crippen molar-refractivity contribution in [2.75, 3.05) is 39.9 Å². The van der Waals surface area contributed by atoms with Crippen LogP contribution in [0.2, 0.25) is 0 Å². The highest BCUT2D eigenvalue weighted by atomic mass is 16.5. The zero-order chi connectivity index (χ0) is 10.2. The van der Waals surface area contributed by atoms with Crippen LogP contribution in [0.15, 0.2) is 0 Å². The Bertz CT molecular complexity index is 168. The zero-order valence-electron chi connectivity index (χ0n) is 8.92. The van der Waals surface area contributed by atoms with E-state index in [0.717, 1.165) is 19.5 Å². The molecule has 1 fully saturated rings. The molecule has 0 aromatic carbocycles. The molecule has 1 aliphatic rings. The molecule has 1 heterocycles. The van der Waals surface area contributed by atoms with Crippen LogP contribution in [-0.2, 0) is 9.53 Å². The Morgan fingerprint density at radius 3 is 2.79 bits per heavy atom. The molecule has 0 aliphatic carbocycles. The van der Waals surface area contributed by atoms with E-state index >= 15 is 0 Å². The fraction of sp³-hybridized carbons (Fsp3) is 0.900. The van der Waals surface area contributed by atoms with Gasteiger partial charge in [0.25, 0.3) is 0 Å². The van der Waals surface area contributed by atoms with E-state index in [1.165, 1.54) is 33.0 Å². The Kier molecular flexibility index (Phi) is 5.56. The van der Waals surface area contributed by atoms with Crippen molar-refractivity contribution in [3.05, 3.63) is 0 Å². The van der Waals surface area contributed by atoms with E-state index in [1.807, 2.05) is 0 Å². The van der Waals surface area contributed by atoms with Crippen molar-refractivity contribution in [3.8, 4) is 0 Å². The number of amides is 1. The van der Waals surface area contributed by atoms with Crippen molar-refractivity contribution >= 4 is 5.91 Å². The number of nitrogens with zero attached hydrogens (tertiary/aromatic N) is 1. The lowest BCUT2D eigenvalue weighted by Crippen LogP contribution is -2.30. The second-order valence-corrected chi connectivity index (χ2v) is 3.69. The minimum Gasteiger partial charge on any atom is -0.375 e. The first-order valence-corrected chi connectivity index (χ1v) is 5.31. The third-order valence-electron chi connectivity index (χ3n) is 2.45. The number of ether oxygens (including phenoxy) is 1. The summed E-state index contributed by atoms with van der Waals surface area (Å²) in [6.07, 6.45) is 3.70. The summed E-state index contributed by atoms with van der Waals surface area (Å²) in [7, 11) is 1.53. The van der Waals surface area contributed by atoms with Gasteiger partial charge in [-0.25, -0.2) is 0 Å². The van der Waals surface area contributed by atoms with Crippen molar-refractivity contribution in [2.24, 2.45) is 0 Å². The lowest BCUT2D eigenvalue weighted by Gasteiger charge is -2.14. The van der Waals surface area contributed by atoms with Crippen molar-refractivity contribution in [1.29, 1.82) is 0 Å². The maximum atomic E-state index is 11.0. The summed E-state index contributed by atoms with van der Waals surface area (Å²) in [4.78, 5) is 13.4. The summed E-state index contributed by atoms with van der Waals surface area (Å²) in [5, 5.41) is 2.82. The van der Waals surface area contributed by atoms with E-state index in [4.69, 9.17) is 4.74 Å². The third kappa shape index (κ3) is 4.58. The van der Waals surface area contributed by atoms with Gasteiger partial charge in [-0.1, -0.05) is 0 Å². The second kappa shape index (κ2) is 6.79. The first kappa shape index (κ1) is 11.5. The van der Waals surface area contributed by atoms with Gasteiger partial charge in [-0.3, -0.25) is 4.79 Å². The zero-order valence-corrected chi connectivity index (χ0v) is 8.92. The van der Waals surface area contributed by atoms with Gasteiger partial charge >= 0.3 is 0 Å². The molecule has 4 nitrogen and oxygen atoms in total. The Balaban J connectivity index is 1.90. The predicted octanol–water partition coefficient (Wildman–Crippen LogP) is 0.235. The molecule has 82 valence electrons. The summed E-state index contributed by atoms with van der Waals surface area (Å²) in [6.45, 7) is 4.49. The van der Waals surface area contributed by atoms with Crippen molar-refractivity contribution < 1.29 is 9.53 Å². The Morgan fingerprint density at radius 2 is 2.14 bits per heavy atom. The van der Waals surface area contributed by atoms with Gasteiger partial charge in [-0.05, 0) is 38.9 Å². The third-order valence-corrected chi connectivity index (χ3v) is 2.45. The molecule has 0 unspecified atom stereocenters. The van der Waals surface area contributed by atoms with Gasteiger partial charge < -0.3 is 15.0 Å². The number of methoxy groups -OCH3 is 1. The molecule has 0 aromatic rings. The molecule has 0 saturated carbocycles. The van der Waals surface area contributed by atoms with Crippen molar-refractivity contribution in [2.45, 2.75) is 19.3 Å². The van der Waals surface area contributed by atoms with E-state index in [1.54, 1.807) is 0 Å². The summed E-state index contributed by atoms with van der Waals surface area (Å²) in [5.41, 5.74) is 0. The summed E-state index contributed by atoms with van der Waals surface area (Å²) in [5.74, 6) is -0.0195. The SMILES string of the molecule is COCC(=O)NCCCN1CCCC1. The molecular weight excluding hydrogens is 180 g/mol. The van der Waals surface area contributed by atoms with Crippen LogP contribution in [0.1, 0.15) is 19.3 Å². The highest BCUT2D eigenvalue weighted by molar-refractivity contribution is 5.77. The van der Waals surface area contributed by atoms with Gasteiger partial charge in [0, 0.05) is 13.7 Å². The smallest absolute Gasteiger partial charge is 0.245 e. The Morgan fingerprint density at radius 1 is 1.43 bits per heavy atom. The fourth-order valence-electron chi connectivity index (χ4n) is 1.72. The topological polar surface area (TPSA) is 41.6 Å². The number of carbonyl (C=O) groups excluding carboxylic acids is 1. The Labute approximate surface area is 85.6 Å². The molecular formula is C10H20N2O2. The van der Waals surface area contributed by atoms with E-state index in [9.17, 15) is 4.79 Å². The van der Waals surface area contributed by atoms with Gasteiger partial charge in [-0.2, -0.15) is 0 Å². The van der Waals surface area contributed by atoms with E-state index in [-0.39, 0.29) is 12.5 Å². The number of hydrogen-bond donors (Lipinski definition) is 1. The van der Waals surface area contributed by atoms with Crippen LogP contribution in [0.5, 0.6) is 0 Å². The summed E-state index contributed by atoms with van der Waals surface area (Å²) >= 11 is 0. The maximum absolute atomic E-state index is 11.0. The predicted molar refractivity (Wildman–Crippen MR) is 55.2 cm³/mol. The van der Waals surface area contributed by atoms with Crippen LogP contribution in [0, 0.1) is 0 Å². The van der Waals surface area contributed by atoms with E-state index < -0.39 is 0 Å². The molecule has 1 aliphatic heterocycles. The van der Waals surface area contributed by atoms with Crippen molar-refractivity contribution in [1.82, 2.24) is 10.2 Å². The van der Waals surface area contributed by atoms with E-state index in [2.05, 4.69) is 10.2 Å². The molecule has 0 bridgehead atoms. The monoisotopic (exact) mass is 200 g/mol. The largest absolute Gasteiger partial charge is 0.375 e. The van der Waals surface area contributed by atoms with Gasteiger partial charge in [0.2, 0.25) is 5.91 Å². The first-order valence-electron chi connectivity index (χ1n) is 5.31. The first-order chi connectivity index (χ1) is 6.83. The molecule has 0 radical (unpaired) electrons. The molecule has 1 N–H and O–H groups in total. The number of hydrogen-bond acceptors (Lipinski definition) is 3. The summed E-state index contributed by atoms with van der Waals surface area (Å²) in [6, 6.07) is 0. The standard InChI is InChI=1S/C10H20N2O2/c1-14-9-10(13)11-5-4-8-12-6-2-3-7-12/h2-9H2,1H3,(H,11,13). The normalized spacial score (nSPS) is 17.2. The lowest BCUT2D eigenvalue weighted by molar-refractivity contribution is -0.124. The molecule has 0 atom stereocenters. The van der Waals surface area contributed by atoms with Gasteiger partial charge in [0.15, 0.2) is 0 Å². The summed E-state index contributed by atoms with van der Waals surface area (Å²) < 4.78 is 4.71. The average Bonchev–Trinajstić information content (AvgIpc) is 2.65. The van der Waals surface area contributed by atoms with Crippen LogP contribution in [0.4, 0.5) is 0 Å². The fourth-order valence-corrected chi connectivity index (χ4v) is 1.72. The van der Waals surface area contributed by atoms with Crippen LogP contribution in [0.25, 0.3) is 0 Å². The molecule has 1 saturated heterocycles. The minimum atomic E-state index is -0.0195. The van der Waals surface area contributed by atoms with Gasteiger partial charge in [0.1, 0.15) is 6.61 Å². The van der Waals surface area contributed by atoms with Crippen LogP contribution in [0.3, 0.4) is 0 Å². The second-order valence-electron chi connectivity index (χ2n) is 3.69. The van der Waals surface area contributed by atoms with Crippen LogP contribution < -0.4 is 5.32 Å². The molecule has 4 heteroatoms. The highest BCUT2D eigenvalue weighted by Crippen LogP contribution is 2.06. The molecule has 1 rings (SSSR count). The molecule has 14 heavy (non-hydrogen) atoms. The molecule has 0 spiro atoms. The number of nitrogens with one attached hydrogen (secondary N) is 1. The highest BCUT2D eigenvalue weighted by Gasteiger charge is 2.10. The number of carbonyl (C=O) groups is 1. The Hall–Kier alpha value is -0.610. The number of likely N-dealkylation sites (tertiary alicyclic amines) is 1. The van der Waals surface area contributed by atoms with E-state index in [0.29, 0.717) is 0 Å². The maximum Gasteiger partial charge on any atom is 0.245 e. The lowest BCUT2D eigenvalue weighted by atomic mass is 10.4. The van der Waals surface area contributed by atoms with Crippen LogP contribution >= 0.6 is 0 Å². The van der Waals surface area contributed by atoms with Crippen LogP contribution in [-0.4, -0.2) is 50.7 Å². The average molecular weight is 200 g/mol. The minimum absolute atomic E-state index is 0.0195. The quantitative estimate of drug-likeness (QED) is 0.624. The molecule has 1 amide bonds. The molecule has 0 aromatic heterocycles.